The maximum atomic E-state index is 13.9. The Morgan fingerprint density at radius 1 is 1.12 bits per heavy atom. The summed E-state index contributed by atoms with van der Waals surface area (Å²) in [7, 11) is 3.08. The lowest BCUT2D eigenvalue weighted by Gasteiger charge is -2.37. The van der Waals surface area contributed by atoms with Gasteiger partial charge in [0.15, 0.2) is 0 Å². The molecule has 1 unspecified atom stereocenters. The van der Waals surface area contributed by atoms with E-state index in [2.05, 4.69) is 0 Å². The fourth-order valence-electron chi connectivity index (χ4n) is 3.98. The molecule has 1 saturated heterocycles. The predicted molar refractivity (Wildman–Crippen MR) is 122 cm³/mol. The van der Waals surface area contributed by atoms with Crippen molar-refractivity contribution in [2.24, 2.45) is 0 Å². The summed E-state index contributed by atoms with van der Waals surface area (Å²) in [6.45, 7) is 3.20. The molecule has 3 rings (SSSR count). The highest BCUT2D eigenvalue weighted by Gasteiger charge is 2.36. The molecule has 2 aromatic carbocycles. The molecule has 6 nitrogen and oxygen atoms in total. The van der Waals surface area contributed by atoms with Gasteiger partial charge in [0.25, 0.3) is 0 Å². The first-order valence-corrected chi connectivity index (χ1v) is 10.8. The Kier molecular flexibility index (Phi) is 7.98. The Morgan fingerprint density at radius 2 is 1.85 bits per heavy atom. The fourth-order valence-corrected chi connectivity index (χ4v) is 3.98. The SMILES string of the molecule is CCOc1ccccc1-c1c(/C=C/C(=O)N2CCN(C)CC2C(=O)OC)cccc1C(F)(F)F. The Bertz CT molecular complexity index is 1070. The van der Waals surface area contributed by atoms with E-state index < -0.39 is 29.7 Å². The van der Waals surface area contributed by atoms with Crippen molar-refractivity contribution in [2.75, 3.05) is 40.4 Å². The second kappa shape index (κ2) is 10.7. The first kappa shape index (κ1) is 25.3. The van der Waals surface area contributed by atoms with Crippen LogP contribution in [0.1, 0.15) is 18.1 Å². The standard InChI is InChI=1S/C25H27F3N2O4/c1-4-34-21-11-6-5-9-18(21)23-17(8-7-10-19(23)25(26,27)28)12-13-22(31)30-15-14-29(2)16-20(30)24(32)33-3/h5-13,20H,4,14-16H2,1-3H3/b13-12+. The number of carbonyl (C=O) groups is 2. The third-order valence-electron chi connectivity index (χ3n) is 5.60. The maximum absolute atomic E-state index is 13.9. The monoisotopic (exact) mass is 476 g/mol. The van der Waals surface area contributed by atoms with E-state index >= 15 is 0 Å². The van der Waals surface area contributed by atoms with Crippen LogP contribution in [0.3, 0.4) is 0 Å². The van der Waals surface area contributed by atoms with Crippen LogP contribution in [0.4, 0.5) is 13.2 Å². The van der Waals surface area contributed by atoms with Gasteiger partial charge < -0.3 is 19.3 Å². The molecular formula is C25H27F3N2O4. The first-order valence-electron chi connectivity index (χ1n) is 10.8. The molecule has 0 radical (unpaired) electrons. The summed E-state index contributed by atoms with van der Waals surface area (Å²) in [5.74, 6) is -0.712. The largest absolute Gasteiger partial charge is 0.493 e. The van der Waals surface area contributed by atoms with Crippen LogP contribution < -0.4 is 4.74 Å². The number of esters is 1. The van der Waals surface area contributed by atoms with E-state index in [0.717, 1.165) is 6.07 Å². The Hall–Kier alpha value is -3.33. The van der Waals surface area contributed by atoms with Crippen molar-refractivity contribution in [3.05, 3.63) is 59.7 Å². The number of piperazine rings is 1. The Labute approximate surface area is 196 Å². The summed E-state index contributed by atoms with van der Waals surface area (Å²) in [6, 6.07) is 9.51. The molecule has 1 atom stereocenters. The molecule has 2 aromatic rings. The van der Waals surface area contributed by atoms with E-state index in [-0.39, 0.29) is 23.3 Å². The van der Waals surface area contributed by atoms with E-state index in [1.54, 1.807) is 31.2 Å². The lowest BCUT2D eigenvalue weighted by atomic mass is 9.93. The zero-order valence-corrected chi connectivity index (χ0v) is 19.3. The van der Waals surface area contributed by atoms with Crippen molar-refractivity contribution < 1.29 is 32.2 Å². The highest BCUT2D eigenvalue weighted by molar-refractivity contribution is 5.96. The number of benzene rings is 2. The van der Waals surface area contributed by atoms with E-state index in [4.69, 9.17) is 9.47 Å². The number of alkyl halides is 3. The maximum Gasteiger partial charge on any atom is 0.417 e. The van der Waals surface area contributed by atoms with E-state index in [1.165, 1.54) is 36.3 Å². The van der Waals surface area contributed by atoms with Crippen molar-refractivity contribution in [2.45, 2.75) is 19.1 Å². The van der Waals surface area contributed by atoms with Crippen molar-refractivity contribution in [1.29, 1.82) is 0 Å². The molecule has 1 fully saturated rings. The van der Waals surface area contributed by atoms with Crippen molar-refractivity contribution in [3.8, 4) is 16.9 Å². The molecule has 34 heavy (non-hydrogen) atoms. The van der Waals surface area contributed by atoms with Gasteiger partial charge in [-0.15, -0.1) is 0 Å². The molecule has 1 amide bonds. The summed E-state index contributed by atoms with van der Waals surface area (Å²) in [6.07, 6.45) is -2.07. The first-order chi connectivity index (χ1) is 16.2. The summed E-state index contributed by atoms with van der Waals surface area (Å²) in [5.41, 5.74) is -0.428. The highest BCUT2D eigenvalue weighted by atomic mass is 19.4. The predicted octanol–water partition coefficient (Wildman–Crippen LogP) is 4.10. The summed E-state index contributed by atoms with van der Waals surface area (Å²) < 4.78 is 52.2. The van der Waals surface area contributed by atoms with Gasteiger partial charge in [0.05, 0.1) is 19.3 Å². The van der Waals surface area contributed by atoms with E-state index in [9.17, 15) is 22.8 Å². The molecule has 0 spiro atoms. The second-order valence-electron chi connectivity index (χ2n) is 7.86. The smallest absolute Gasteiger partial charge is 0.417 e. The van der Waals surface area contributed by atoms with Crippen LogP contribution >= 0.6 is 0 Å². The normalized spacial score (nSPS) is 17.1. The topological polar surface area (TPSA) is 59.1 Å². The van der Waals surface area contributed by atoms with Crippen molar-refractivity contribution in [3.63, 3.8) is 0 Å². The Morgan fingerprint density at radius 3 is 2.53 bits per heavy atom. The third-order valence-corrected chi connectivity index (χ3v) is 5.60. The van der Waals surface area contributed by atoms with Crippen LogP contribution in [-0.4, -0.2) is 68.1 Å². The van der Waals surface area contributed by atoms with Gasteiger partial charge in [-0.25, -0.2) is 4.79 Å². The van der Waals surface area contributed by atoms with Crippen LogP contribution in [0.2, 0.25) is 0 Å². The van der Waals surface area contributed by atoms with Gasteiger partial charge in [-0.1, -0.05) is 30.3 Å². The highest BCUT2D eigenvalue weighted by Crippen LogP contribution is 2.42. The van der Waals surface area contributed by atoms with Gasteiger partial charge in [0.2, 0.25) is 5.91 Å². The summed E-state index contributed by atoms with van der Waals surface area (Å²) in [5, 5.41) is 0. The van der Waals surface area contributed by atoms with Crippen LogP contribution in [0.5, 0.6) is 5.75 Å². The fraction of sp³-hybridized carbons (Fsp3) is 0.360. The molecular weight excluding hydrogens is 449 g/mol. The number of rotatable bonds is 6. The van der Waals surface area contributed by atoms with Crippen LogP contribution in [0.25, 0.3) is 17.2 Å². The molecule has 0 aromatic heterocycles. The average molecular weight is 476 g/mol. The van der Waals surface area contributed by atoms with Gasteiger partial charge in [0.1, 0.15) is 11.8 Å². The van der Waals surface area contributed by atoms with Gasteiger partial charge in [0, 0.05) is 36.8 Å². The lowest BCUT2D eigenvalue weighted by molar-refractivity contribution is -0.154. The molecule has 0 bridgehead atoms. The number of hydrogen-bond donors (Lipinski definition) is 0. The summed E-state index contributed by atoms with van der Waals surface area (Å²) >= 11 is 0. The number of hydrogen-bond acceptors (Lipinski definition) is 5. The molecule has 182 valence electrons. The lowest BCUT2D eigenvalue weighted by Crippen LogP contribution is -2.57. The second-order valence-corrected chi connectivity index (χ2v) is 7.86. The van der Waals surface area contributed by atoms with Crippen LogP contribution in [-0.2, 0) is 20.5 Å². The number of ether oxygens (including phenoxy) is 2. The molecule has 9 heteroatoms. The molecule has 1 aliphatic rings. The number of likely N-dealkylation sites (N-methyl/N-ethyl adjacent to an activating group) is 1. The minimum atomic E-state index is -4.62. The third kappa shape index (κ3) is 5.59. The molecule has 0 aliphatic carbocycles. The molecule has 1 heterocycles. The van der Waals surface area contributed by atoms with Gasteiger partial charge >= 0.3 is 12.1 Å². The van der Waals surface area contributed by atoms with Gasteiger partial charge in [-0.3, -0.25) is 4.79 Å². The average Bonchev–Trinajstić information content (AvgIpc) is 2.81. The minimum Gasteiger partial charge on any atom is -0.493 e. The molecule has 0 saturated carbocycles. The van der Waals surface area contributed by atoms with Gasteiger partial charge in [-0.2, -0.15) is 13.2 Å². The number of methoxy groups -OCH3 is 1. The van der Waals surface area contributed by atoms with Crippen molar-refractivity contribution >= 4 is 18.0 Å². The number of para-hydroxylation sites is 1. The van der Waals surface area contributed by atoms with E-state index in [0.29, 0.717) is 25.4 Å². The minimum absolute atomic E-state index is 0.0778. The van der Waals surface area contributed by atoms with Crippen LogP contribution in [0, 0.1) is 0 Å². The van der Waals surface area contributed by atoms with Crippen molar-refractivity contribution in [1.82, 2.24) is 9.80 Å². The molecule has 1 aliphatic heterocycles. The zero-order valence-electron chi connectivity index (χ0n) is 19.3. The number of nitrogens with zero attached hydrogens (tertiary/aromatic N) is 2. The Balaban J connectivity index is 2.04. The number of amides is 1. The van der Waals surface area contributed by atoms with E-state index in [1.807, 2.05) is 11.9 Å². The zero-order chi connectivity index (χ0) is 24.9. The van der Waals surface area contributed by atoms with Gasteiger partial charge in [-0.05, 0) is 37.7 Å². The quantitative estimate of drug-likeness (QED) is 0.464. The number of carbonyl (C=O) groups excluding carboxylic acids is 2. The summed E-state index contributed by atoms with van der Waals surface area (Å²) in [4.78, 5) is 28.4. The molecule has 0 N–H and O–H groups in total. The number of halogens is 3. The van der Waals surface area contributed by atoms with Crippen LogP contribution in [0.15, 0.2) is 48.5 Å².